The Morgan fingerprint density at radius 3 is 2.12 bits per heavy atom. The Balaban J connectivity index is 2.44. The molecular formula is C22H35N3. The zero-order valence-corrected chi connectivity index (χ0v) is 16.6. The first-order valence-corrected chi connectivity index (χ1v) is 9.10. The smallest absolute Gasteiger partial charge is 0.0601 e. The lowest BCUT2D eigenvalue weighted by Gasteiger charge is -2.20. The number of hydrogen-bond acceptors (Lipinski definition) is 3. The lowest BCUT2D eigenvalue weighted by Crippen LogP contribution is -2.18. The molecule has 0 saturated heterocycles. The highest BCUT2D eigenvalue weighted by Gasteiger charge is 2.04. The highest BCUT2D eigenvalue weighted by molar-refractivity contribution is 5.71. The summed E-state index contributed by atoms with van der Waals surface area (Å²) in [7, 11) is 2.05. The maximum atomic E-state index is 6.05. The van der Waals surface area contributed by atoms with Gasteiger partial charge < -0.3 is 16.4 Å². The summed E-state index contributed by atoms with van der Waals surface area (Å²) in [5.41, 5.74) is 18.5. The summed E-state index contributed by atoms with van der Waals surface area (Å²) >= 11 is 0. The fourth-order valence-electron chi connectivity index (χ4n) is 2.65. The standard InChI is InChI=1S/C22H35N3/c1-17(2)8-6-9-18(3)10-7-11-19(4)14-15-25(5)22-13-12-20(23)16-21(22)24/h8,10,12-14,16H,6-7,9,11,15,23-24H2,1-5H3. The van der Waals surface area contributed by atoms with Gasteiger partial charge in [-0.1, -0.05) is 34.9 Å². The van der Waals surface area contributed by atoms with E-state index in [1.54, 1.807) is 0 Å². The predicted octanol–water partition coefficient (Wildman–Crippen LogP) is 5.71. The summed E-state index contributed by atoms with van der Waals surface area (Å²) in [6.45, 7) is 9.59. The van der Waals surface area contributed by atoms with Gasteiger partial charge in [-0.3, -0.25) is 0 Å². The van der Waals surface area contributed by atoms with E-state index in [-0.39, 0.29) is 0 Å². The van der Waals surface area contributed by atoms with Crippen molar-refractivity contribution in [3.8, 4) is 0 Å². The van der Waals surface area contributed by atoms with Gasteiger partial charge in [0.15, 0.2) is 0 Å². The van der Waals surface area contributed by atoms with Gasteiger partial charge >= 0.3 is 0 Å². The van der Waals surface area contributed by atoms with Gasteiger partial charge in [-0.15, -0.1) is 0 Å². The van der Waals surface area contributed by atoms with Gasteiger partial charge in [-0.25, -0.2) is 0 Å². The summed E-state index contributed by atoms with van der Waals surface area (Å²) in [4.78, 5) is 2.15. The topological polar surface area (TPSA) is 55.3 Å². The van der Waals surface area contributed by atoms with E-state index >= 15 is 0 Å². The van der Waals surface area contributed by atoms with E-state index in [2.05, 4.69) is 57.9 Å². The highest BCUT2D eigenvalue weighted by Crippen LogP contribution is 2.24. The van der Waals surface area contributed by atoms with Crippen molar-refractivity contribution in [1.29, 1.82) is 0 Å². The Morgan fingerprint density at radius 1 is 0.920 bits per heavy atom. The van der Waals surface area contributed by atoms with E-state index in [9.17, 15) is 0 Å². The molecule has 0 fully saturated rings. The third-order valence-corrected chi connectivity index (χ3v) is 4.30. The second kappa shape index (κ2) is 10.7. The van der Waals surface area contributed by atoms with Crippen molar-refractivity contribution in [3.05, 3.63) is 53.1 Å². The van der Waals surface area contributed by atoms with Gasteiger partial charge in [0.1, 0.15) is 0 Å². The van der Waals surface area contributed by atoms with Crippen LogP contribution in [0.25, 0.3) is 0 Å². The molecule has 1 aromatic rings. The van der Waals surface area contributed by atoms with Crippen LogP contribution in [0.3, 0.4) is 0 Å². The Bertz CT molecular complexity index is 635. The van der Waals surface area contributed by atoms with E-state index in [0.29, 0.717) is 5.69 Å². The van der Waals surface area contributed by atoms with Crippen molar-refractivity contribution in [2.45, 2.75) is 53.4 Å². The molecule has 1 rings (SSSR count). The lowest BCUT2D eigenvalue weighted by atomic mass is 10.1. The maximum absolute atomic E-state index is 6.05. The van der Waals surface area contributed by atoms with E-state index in [1.165, 1.54) is 16.7 Å². The Morgan fingerprint density at radius 2 is 1.52 bits per heavy atom. The van der Waals surface area contributed by atoms with E-state index in [0.717, 1.165) is 43.6 Å². The fourth-order valence-corrected chi connectivity index (χ4v) is 2.65. The molecule has 1 aromatic carbocycles. The highest BCUT2D eigenvalue weighted by atomic mass is 15.1. The monoisotopic (exact) mass is 341 g/mol. The minimum absolute atomic E-state index is 0.702. The fraction of sp³-hybridized carbons (Fsp3) is 0.455. The summed E-state index contributed by atoms with van der Waals surface area (Å²) in [6, 6.07) is 5.68. The summed E-state index contributed by atoms with van der Waals surface area (Å²) in [6.07, 6.45) is 11.5. The van der Waals surface area contributed by atoms with Gasteiger partial charge in [-0.2, -0.15) is 0 Å². The molecule has 0 spiro atoms. The first-order valence-electron chi connectivity index (χ1n) is 9.10. The van der Waals surface area contributed by atoms with Gasteiger partial charge in [0.2, 0.25) is 0 Å². The first-order chi connectivity index (χ1) is 11.8. The zero-order chi connectivity index (χ0) is 18.8. The Hall–Kier alpha value is -2.16. The predicted molar refractivity (Wildman–Crippen MR) is 114 cm³/mol. The molecule has 138 valence electrons. The molecule has 4 N–H and O–H groups in total. The van der Waals surface area contributed by atoms with E-state index < -0.39 is 0 Å². The minimum Gasteiger partial charge on any atom is -0.399 e. The Kier molecular flexibility index (Phi) is 8.90. The molecule has 3 nitrogen and oxygen atoms in total. The number of nitrogen functional groups attached to an aromatic ring is 2. The first kappa shape index (κ1) is 20.9. The van der Waals surface area contributed by atoms with E-state index in [1.807, 2.05) is 18.2 Å². The molecule has 0 aliphatic rings. The van der Waals surface area contributed by atoms with Gasteiger partial charge in [0.25, 0.3) is 0 Å². The van der Waals surface area contributed by atoms with Crippen molar-refractivity contribution in [1.82, 2.24) is 0 Å². The lowest BCUT2D eigenvalue weighted by molar-refractivity contribution is 0.910. The van der Waals surface area contributed by atoms with Crippen LogP contribution in [0.15, 0.2) is 53.1 Å². The second-order valence-electron chi connectivity index (χ2n) is 7.16. The molecule has 0 saturated carbocycles. The van der Waals surface area contributed by atoms with Crippen molar-refractivity contribution in [2.75, 3.05) is 30.0 Å². The number of rotatable bonds is 9. The Labute approximate surface area is 154 Å². The molecule has 0 unspecified atom stereocenters. The van der Waals surface area contributed by atoms with Gasteiger partial charge in [0.05, 0.1) is 11.4 Å². The quantitative estimate of drug-likeness (QED) is 0.447. The van der Waals surface area contributed by atoms with Crippen molar-refractivity contribution < 1.29 is 0 Å². The number of benzene rings is 1. The molecule has 0 radical (unpaired) electrons. The number of nitrogens with zero attached hydrogens (tertiary/aromatic N) is 1. The minimum atomic E-state index is 0.702. The molecule has 0 heterocycles. The number of hydrogen-bond donors (Lipinski definition) is 2. The van der Waals surface area contributed by atoms with Crippen LogP contribution in [0.4, 0.5) is 17.1 Å². The molecule has 0 aliphatic heterocycles. The molecule has 3 heteroatoms. The molecule has 0 aromatic heterocycles. The van der Waals surface area contributed by atoms with Crippen LogP contribution in [0.1, 0.15) is 53.4 Å². The van der Waals surface area contributed by atoms with Crippen molar-refractivity contribution in [2.24, 2.45) is 0 Å². The van der Waals surface area contributed by atoms with Gasteiger partial charge in [-0.05, 0) is 71.6 Å². The number of anilines is 3. The molecule has 0 aliphatic carbocycles. The van der Waals surface area contributed by atoms with Crippen LogP contribution in [0.2, 0.25) is 0 Å². The SMILES string of the molecule is CC(C)=CCCC(C)=CCCC(C)=CCN(C)c1ccc(N)cc1N. The molecule has 0 atom stereocenters. The summed E-state index contributed by atoms with van der Waals surface area (Å²) in [5.74, 6) is 0. The zero-order valence-electron chi connectivity index (χ0n) is 16.6. The average molecular weight is 342 g/mol. The van der Waals surface area contributed by atoms with Crippen molar-refractivity contribution >= 4 is 17.1 Å². The molecular weight excluding hydrogens is 306 g/mol. The molecule has 25 heavy (non-hydrogen) atoms. The normalized spacial score (nSPS) is 12.2. The van der Waals surface area contributed by atoms with Crippen LogP contribution in [-0.4, -0.2) is 13.6 Å². The maximum Gasteiger partial charge on any atom is 0.0601 e. The van der Waals surface area contributed by atoms with Crippen LogP contribution >= 0.6 is 0 Å². The van der Waals surface area contributed by atoms with E-state index in [4.69, 9.17) is 11.5 Å². The van der Waals surface area contributed by atoms with Crippen LogP contribution < -0.4 is 16.4 Å². The molecule has 0 bridgehead atoms. The van der Waals surface area contributed by atoms with Crippen LogP contribution in [-0.2, 0) is 0 Å². The van der Waals surface area contributed by atoms with Gasteiger partial charge in [0, 0.05) is 19.3 Å². The second-order valence-corrected chi connectivity index (χ2v) is 7.16. The summed E-state index contributed by atoms with van der Waals surface area (Å²) in [5, 5.41) is 0. The molecule has 0 amide bonds. The number of likely N-dealkylation sites (N-methyl/N-ethyl adjacent to an activating group) is 1. The number of nitrogens with two attached hydrogens (primary N) is 2. The largest absolute Gasteiger partial charge is 0.399 e. The third kappa shape index (κ3) is 8.48. The third-order valence-electron chi connectivity index (χ3n) is 4.30. The number of allylic oxidation sites excluding steroid dienone is 5. The summed E-state index contributed by atoms with van der Waals surface area (Å²) < 4.78 is 0. The van der Waals surface area contributed by atoms with Crippen LogP contribution in [0, 0.1) is 0 Å². The van der Waals surface area contributed by atoms with Crippen molar-refractivity contribution in [3.63, 3.8) is 0 Å². The average Bonchev–Trinajstić information content (AvgIpc) is 2.52. The van der Waals surface area contributed by atoms with Crippen LogP contribution in [0.5, 0.6) is 0 Å².